The Hall–Kier alpha value is -7.22. The fraction of sp³-hybridized carbons (Fsp3) is 0. The zero-order valence-electron chi connectivity index (χ0n) is 29.4. The molecule has 0 saturated heterocycles. The monoisotopic (exact) mass is 722 g/mol. The number of rotatable bonds is 6. The van der Waals surface area contributed by atoms with Crippen LogP contribution in [0.15, 0.2) is 182 Å². The van der Waals surface area contributed by atoms with Crippen molar-refractivity contribution in [3.8, 4) is 55.3 Å². The second kappa shape index (κ2) is 12.7. The van der Waals surface area contributed by atoms with Crippen LogP contribution in [0.5, 0.6) is 0 Å². The third-order valence-electron chi connectivity index (χ3n) is 10.3. The zero-order chi connectivity index (χ0) is 36.3. The van der Waals surface area contributed by atoms with Crippen LogP contribution in [-0.2, 0) is 0 Å². The van der Waals surface area contributed by atoms with Crippen LogP contribution in [0.2, 0.25) is 0 Å². The predicted octanol–water partition coefficient (Wildman–Crippen LogP) is 12.2. The maximum Gasteiger partial charge on any atom is 0.235 e. The third-order valence-corrected chi connectivity index (χ3v) is 11.4. The molecular weight excluding hydrogens is 693 g/mol. The first-order valence-corrected chi connectivity index (χ1v) is 19.0. The Kier molecular flexibility index (Phi) is 7.25. The van der Waals surface area contributed by atoms with Crippen LogP contribution in [0.3, 0.4) is 0 Å². The van der Waals surface area contributed by atoms with Crippen molar-refractivity contribution in [2.75, 3.05) is 0 Å². The summed E-state index contributed by atoms with van der Waals surface area (Å²) in [4.78, 5) is 10.4. The van der Waals surface area contributed by atoms with Crippen LogP contribution in [0.4, 0.5) is 0 Å². The highest BCUT2D eigenvalue weighted by atomic mass is 32.1. The third kappa shape index (κ3) is 5.24. The van der Waals surface area contributed by atoms with Crippen LogP contribution >= 0.6 is 11.3 Å². The lowest BCUT2D eigenvalue weighted by Gasteiger charge is -2.12. The van der Waals surface area contributed by atoms with Crippen molar-refractivity contribution in [3.05, 3.63) is 182 Å². The van der Waals surface area contributed by atoms with Gasteiger partial charge in [-0.15, -0.1) is 10.2 Å². The number of para-hydroxylation sites is 3. The summed E-state index contributed by atoms with van der Waals surface area (Å²) in [6, 6.07) is 63.4. The molecule has 0 bridgehead atoms. The van der Waals surface area contributed by atoms with Gasteiger partial charge in [-0.1, -0.05) is 151 Å². The fourth-order valence-electron chi connectivity index (χ4n) is 7.78. The minimum absolute atomic E-state index is 0.614. The minimum atomic E-state index is 0.614. The van der Waals surface area contributed by atoms with Crippen molar-refractivity contribution in [2.45, 2.75) is 0 Å². The highest BCUT2D eigenvalue weighted by Crippen LogP contribution is 2.39. The summed E-state index contributed by atoms with van der Waals surface area (Å²) in [5.41, 5.74) is 11.3. The molecule has 0 aliphatic heterocycles. The highest BCUT2D eigenvalue weighted by Gasteiger charge is 2.20. The van der Waals surface area contributed by atoms with E-state index in [2.05, 4.69) is 155 Å². The van der Waals surface area contributed by atoms with Gasteiger partial charge in [0.1, 0.15) is 10.0 Å². The van der Waals surface area contributed by atoms with E-state index in [-0.39, 0.29) is 0 Å². The molecule has 0 radical (unpaired) electrons. The summed E-state index contributed by atoms with van der Waals surface area (Å²) in [5.74, 6) is 0.614. The normalized spacial score (nSPS) is 11.6. The summed E-state index contributed by atoms with van der Waals surface area (Å²) >= 11 is 1.60. The van der Waals surface area contributed by atoms with E-state index in [1.165, 1.54) is 16.3 Å². The molecule has 0 atom stereocenters. The maximum absolute atomic E-state index is 5.21. The number of aromatic nitrogens is 6. The van der Waals surface area contributed by atoms with Gasteiger partial charge >= 0.3 is 0 Å². The molecule has 55 heavy (non-hydrogen) atoms. The summed E-state index contributed by atoms with van der Waals surface area (Å²) < 4.78 is 4.52. The predicted molar refractivity (Wildman–Crippen MR) is 226 cm³/mol. The van der Waals surface area contributed by atoms with Crippen LogP contribution in [0.25, 0.3) is 98.9 Å². The van der Waals surface area contributed by atoms with E-state index in [0.717, 1.165) is 76.7 Å². The van der Waals surface area contributed by atoms with Gasteiger partial charge in [0, 0.05) is 49.5 Å². The van der Waals surface area contributed by atoms with Gasteiger partial charge in [0.25, 0.3) is 0 Å². The molecule has 0 aliphatic rings. The van der Waals surface area contributed by atoms with E-state index < -0.39 is 0 Å². The van der Waals surface area contributed by atoms with Gasteiger partial charge in [0.15, 0.2) is 0 Å². The largest absolute Gasteiger partial charge is 0.309 e. The van der Waals surface area contributed by atoms with Gasteiger partial charge < -0.3 is 4.57 Å². The van der Waals surface area contributed by atoms with E-state index in [1.807, 2.05) is 36.4 Å². The summed E-state index contributed by atoms with van der Waals surface area (Å²) in [5, 5.41) is 15.9. The molecule has 258 valence electrons. The first kappa shape index (κ1) is 31.3. The number of benzene rings is 7. The SMILES string of the molecule is c1ccc(-c2cc(-c3ccccc3)nc(-n3c4ccccc4c4ccc(-c5nnc(-c6ccc7c8ccccc8n(-c8ccccc8)c7c6)s5)cc43)n2)cc1. The minimum Gasteiger partial charge on any atom is -0.309 e. The molecule has 4 aromatic heterocycles. The van der Waals surface area contributed by atoms with E-state index in [0.29, 0.717) is 5.95 Å². The molecule has 0 aliphatic carbocycles. The second-order valence-electron chi connectivity index (χ2n) is 13.6. The quantitative estimate of drug-likeness (QED) is 0.171. The molecule has 0 fully saturated rings. The molecule has 11 rings (SSSR count). The number of hydrogen-bond acceptors (Lipinski definition) is 5. The molecule has 0 spiro atoms. The van der Waals surface area contributed by atoms with E-state index in [1.54, 1.807) is 11.3 Å². The Morgan fingerprint density at radius 1 is 0.345 bits per heavy atom. The molecule has 6 nitrogen and oxygen atoms in total. The first-order valence-electron chi connectivity index (χ1n) is 18.2. The molecule has 4 heterocycles. The van der Waals surface area contributed by atoms with E-state index in [4.69, 9.17) is 20.2 Å². The van der Waals surface area contributed by atoms with Gasteiger partial charge in [0.05, 0.1) is 33.5 Å². The van der Waals surface area contributed by atoms with E-state index in [9.17, 15) is 0 Å². The zero-order valence-corrected chi connectivity index (χ0v) is 30.2. The molecule has 0 N–H and O–H groups in total. The van der Waals surface area contributed by atoms with Crippen molar-refractivity contribution in [1.82, 2.24) is 29.3 Å². The van der Waals surface area contributed by atoms with Crippen LogP contribution in [0.1, 0.15) is 0 Å². The lowest BCUT2D eigenvalue weighted by Crippen LogP contribution is -2.04. The van der Waals surface area contributed by atoms with Crippen LogP contribution in [0, 0.1) is 0 Å². The van der Waals surface area contributed by atoms with Gasteiger partial charge in [-0.05, 0) is 42.5 Å². The summed E-state index contributed by atoms with van der Waals surface area (Å²) in [6.07, 6.45) is 0. The fourth-order valence-corrected chi connectivity index (χ4v) is 8.62. The van der Waals surface area contributed by atoms with Crippen LogP contribution < -0.4 is 0 Å². The number of nitrogens with zero attached hydrogens (tertiary/aromatic N) is 6. The number of fused-ring (bicyclic) bond motifs is 6. The molecule has 0 unspecified atom stereocenters. The molecular formula is C48H30N6S. The van der Waals surface area contributed by atoms with Crippen molar-refractivity contribution < 1.29 is 0 Å². The Labute approximate surface area is 320 Å². The Morgan fingerprint density at radius 3 is 1.33 bits per heavy atom. The van der Waals surface area contributed by atoms with E-state index >= 15 is 0 Å². The summed E-state index contributed by atoms with van der Waals surface area (Å²) in [7, 11) is 0. The Morgan fingerprint density at radius 2 is 0.782 bits per heavy atom. The molecule has 7 heteroatoms. The molecule has 11 aromatic rings. The van der Waals surface area contributed by atoms with Gasteiger partial charge in [-0.3, -0.25) is 4.57 Å². The van der Waals surface area contributed by atoms with Gasteiger partial charge in [-0.2, -0.15) is 0 Å². The van der Waals surface area contributed by atoms with Gasteiger partial charge in [0.2, 0.25) is 5.95 Å². The maximum atomic E-state index is 5.21. The topological polar surface area (TPSA) is 61.4 Å². The lowest BCUT2D eigenvalue weighted by molar-refractivity contribution is 0.995. The van der Waals surface area contributed by atoms with Crippen molar-refractivity contribution in [3.63, 3.8) is 0 Å². The summed E-state index contributed by atoms with van der Waals surface area (Å²) in [6.45, 7) is 0. The average Bonchev–Trinajstić information content (AvgIpc) is 3.97. The van der Waals surface area contributed by atoms with Crippen molar-refractivity contribution >= 4 is 54.9 Å². The van der Waals surface area contributed by atoms with Gasteiger partial charge in [-0.25, -0.2) is 9.97 Å². The van der Waals surface area contributed by atoms with Crippen molar-refractivity contribution in [2.24, 2.45) is 0 Å². The van der Waals surface area contributed by atoms with Crippen LogP contribution in [-0.4, -0.2) is 29.3 Å². The van der Waals surface area contributed by atoms with Crippen molar-refractivity contribution in [1.29, 1.82) is 0 Å². The smallest absolute Gasteiger partial charge is 0.235 e. The number of hydrogen-bond donors (Lipinski definition) is 0. The second-order valence-corrected chi connectivity index (χ2v) is 14.6. The average molecular weight is 723 g/mol. The molecule has 0 amide bonds. The highest BCUT2D eigenvalue weighted by molar-refractivity contribution is 7.17. The Balaban J connectivity index is 1.06. The molecule has 0 saturated carbocycles. The lowest BCUT2D eigenvalue weighted by atomic mass is 10.1. The Bertz CT molecular complexity index is 3140. The first-order chi connectivity index (χ1) is 27.3. The molecule has 7 aromatic carbocycles. The standard InChI is InChI=1S/C48H30N6S/c1-4-14-31(15-5-1)40-30-41(32-16-6-2-7-17-32)50-48(49-40)54-43-23-13-11-21-37(43)39-27-25-34(29-45(39)54)47-52-51-46(55-47)33-24-26-38-36-20-10-12-22-42(36)53(44(38)28-33)35-18-8-3-9-19-35/h1-30H.